The number of azide groups is 1. The molecule has 0 amide bonds. The second-order valence-electron chi connectivity index (χ2n) is 3.68. The molecule has 0 unspecified atom stereocenters. The van der Waals surface area contributed by atoms with Gasteiger partial charge in [0, 0.05) is 11.0 Å². The van der Waals surface area contributed by atoms with Crippen molar-refractivity contribution in [3.63, 3.8) is 0 Å². The van der Waals surface area contributed by atoms with Crippen molar-refractivity contribution in [2.75, 3.05) is 0 Å². The third-order valence-electron chi connectivity index (χ3n) is 2.33. The standard InChI is InChI=1S/C7H13N3O/c1-7(2,11)5-3-6(4-5)9-10-8/h5-6,11H,3-4H2,1-2H3. The van der Waals surface area contributed by atoms with Gasteiger partial charge in [-0.2, -0.15) is 0 Å². The fourth-order valence-electron chi connectivity index (χ4n) is 1.33. The maximum atomic E-state index is 9.49. The molecule has 62 valence electrons. The molecule has 4 nitrogen and oxygen atoms in total. The van der Waals surface area contributed by atoms with Crippen LogP contribution in [0.1, 0.15) is 26.7 Å². The first-order chi connectivity index (χ1) is 5.04. The lowest BCUT2D eigenvalue weighted by Gasteiger charge is -2.40. The van der Waals surface area contributed by atoms with Crippen LogP contribution in [0.2, 0.25) is 0 Å². The first-order valence-electron chi connectivity index (χ1n) is 3.80. The third-order valence-corrected chi connectivity index (χ3v) is 2.33. The molecule has 0 saturated heterocycles. The summed E-state index contributed by atoms with van der Waals surface area (Å²) in [6, 6.07) is 0.122. The van der Waals surface area contributed by atoms with Crippen molar-refractivity contribution in [1.82, 2.24) is 0 Å². The van der Waals surface area contributed by atoms with Gasteiger partial charge in [-0.25, -0.2) is 0 Å². The van der Waals surface area contributed by atoms with E-state index < -0.39 is 5.60 Å². The number of hydrogen-bond acceptors (Lipinski definition) is 2. The smallest absolute Gasteiger partial charge is 0.0620 e. The molecule has 0 atom stereocenters. The largest absolute Gasteiger partial charge is 0.390 e. The maximum absolute atomic E-state index is 9.49. The number of nitrogens with zero attached hydrogens (tertiary/aromatic N) is 3. The van der Waals surface area contributed by atoms with Crippen molar-refractivity contribution in [2.24, 2.45) is 11.0 Å². The highest BCUT2D eigenvalue weighted by Crippen LogP contribution is 2.37. The van der Waals surface area contributed by atoms with E-state index in [1.165, 1.54) is 0 Å². The summed E-state index contributed by atoms with van der Waals surface area (Å²) in [6.07, 6.45) is 1.65. The van der Waals surface area contributed by atoms with E-state index in [1.807, 2.05) is 0 Å². The molecule has 0 aromatic carbocycles. The van der Waals surface area contributed by atoms with Crippen LogP contribution in [-0.4, -0.2) is 16.7 Å². The molecule has 11 heavy (non-hydrogen) atoms. The second-order valence-corrected chi connectivity index (χ2v) is 3.68. The van der Waals surface area contributed by atoms with Gasteiger partial charge >= 0.3 is 0 Å². The molecule has 0 bridgehead atoms. The van der Waals surface area contributed by atoms with E-state index in [4.69, 9.17) is 5.53 Å². The van der Waals surface area contributed by atoms with Gasteiger partial charge in [0.15, 0.2) is 0 Å². The Bertz CT molecular complexity index is 184. The van der Waals surface area contributed by atoms with Gasteiger partial charge in [0.05, 0.1) is 5.60 Å². The number of aliphatic hydroxyl groups is 1. The Labute approximate surface area is 65.9 Å². The van der Waals surface area contributed by atoms with E-state index in [0.717, 1.165) is 12.8 Å². The van der Waals surface area contributed by atoms with Crippen LogP contribution < -0.4 is 0 Å². The molecule has 0 heterocycles. The van der Waals surface area contributed by atoms with Gasteiger partial charge in [-0.3, -0.25) is 0 Å². The second kappa shape index (κ2) is 2.72. The summed E-state index contributed by atoms with van der Waals surface area (Å²) >= 11 is 0. The highest BCUT2D eigenvalue weighted by molar-refractivity contribution is 4.93. The summed E-state index contributed by atoms with van der Waals surface area (Å²) in [5, 5.41) is 13.1. The van der Waals surface area contributed by atoms with E-state index >= 15 is 0 Å². The van der Waals surface area contributed by atoms with E-state index in [-0.39, 0.29) is 6.04 Å². The Kier molecular flexibility index (Phi) is 2.07. The number of hydrogen-bond donors (Lipinski definition) is 1. The molecule has 0 aromatic rings. The van der Waals surface area contributed by atoms with Crippen LogP contribution in [-0.2, 0) is 0 Å². The van der Waals surface area contributed by atoms with Crippen LogP contribution >= 0.6 is 0 Å². The minimum atomic E-state index is -0.610. The van der Waals surface area contributed by atoms with Gasteiger partial charge in [-0.15, -0.1) is 0 Å². The molecule has 0 spiro atoms. The van der Waals surface area contributed by atoms with Crippen molar-refractivity contribution < 1.29 is 5.11 Å². The molecule has 0 aliphatic heterocycles. The van der Waals surface area contributed by atoms with Crippen molar-refractivity contribution in [2.45, 2.75) is 38.3 Å². The highest BCUT2D eigenvalue weighted by atomic mass is 16.3. The molecule has 4 heteroatoms. The molecule has 1 fully saturated rings. The maximum Gasteiger partial charge on any atom is 0.0620 e. The summed E-state index contributed by atoms with van der Waals surface area (Å²) in [4.78, 5) is 2.72. The Hall–Kier alpha value is -0.730. The first-order valence-corrected chi connectivity index (χ1v) is 3.80. The zero-order valence-corrected chi connectivity index (χ0v) is 6.86. The van der Waals surface area contributed by atoms with Gasteiger partial charge in [0.25, 0.3) is 0 Å². The third kappa shape index (κ3) is 1.85. The summed E-state index contributed by atoms with van der Waals surface area (Å²) < 4.78 is 0. The van der Waals surface area contributed by atoms with Gasteiger partial charge in [-0.1, -0.05) is 5.11 Å². The lowest BCUT2D eigenvalue weighted by atomic mass is 9.71. The van der Waals surface area contributed by atoms with E-state index in [0.29, 0.717) is 5.92 Å². The average molecular weight is 155 g/mol. The van der Waals surface area contributed by atoms with Crippen molar-refractivity contribution in [3.05, 3.63) is 10.4 Å². The van der Waals surface area contributed by atoms with Crippen LogP contribution in [0.3, 0.4) is 0 Å². The SMILES string of the molecule is CC(C)(O)C1CC(N=[N+]=[N-])C1. The predicted octanol–water partition coefficient (Wildman–Crippen LogP) is 1.85. The van der Waals surface area contributed by atoms with Crippen LogP contribution in [0.25, 0.3) is 10.4 Å². The first kappa shape index (κ1) is 8.37. The molecule has 0 aromatic heterocycles. The summed E-state index contributed by atoms with van der Waals surface area (Å²) in [5.74, 6) is 0.304. The summed E-state index contributed by atoms with van der Waals surface area (Å²) in [6.45, 7) is 3.59. The molecule has 0 radical (unpaired) electrons. The van der Waals surface area contributed by atoms with Gasteiger partial charge in [0.2, 0.25) is 0 Å². The lowest BCUT2D eigenvalue weighted by molar-refractivity contribution is -0.0258. The predicted molar refractivity (Wildman–Crippen MR) is 42.0 cm³/mol. The van der Waals surface area contributed by atoms with Crippen LogP contribution in [0.5, 0.6) is 0 Å². The van der Waals surface area contributed by atoms with Crippen molar-refractivity contribution >= 4 is 0 Å². The fraction of sp³-hybridized carbons (Fsp3) is 1.00. The number of rotatable bonds is 2. The normalized spacial score (nSPS) is 30.5. The highest BCUT2D eigenvalue weighted by Gasteiger charge is 2.37. The molecule has 1 saturated carbocycles. The molecule has 1 rings (SSSR count). The van der Waals surface area contributed by atoms with Crippen molar-refractivity contribution in [1.29, 1.82) is 0 Å². The van der Waals surface area contributed by atoms with Crippen LogP contribution in [0.15, 0.2) is 5.11 Å². The molecular formula is C7H13N3O. The van der Waals surface area contributed by atoms with E-state index in [1.54, 1.807) is 13.8 Å². The van der Waals surface area contributed by atoms with E-state index in [2.05, 4.69) is 10.0 Å². The Morgan fingerprint density at radius 2 is 2.09 bits per heavy atom. The average Bonchev–Trinajstić information content (AvgIpc) is 1.74. The topological polar surface area (TPSA) is 69.0 Å². The Morgan fingerprint density at radius 3 is 2.45 bits per heavy atom. The van der Waals surface area contributed by atoms with E-state index in [9.17, 15) is 5.11 Å². The quantitative estimate of drug-likeness (QED) is 0.369. The lowest BCUT2D eigenvalue weighted by Crippen LogP contribution is -2.42. The van der Waals surface area contributed by atoms with Crippen LogP contribution in [0.4, 0.5) is 0 Å². The zero-order valence-electron chi connectivity index (χ0n) is 6.86. The fourth-order valence-corrected chi connectivity index (χ4v) is 1.33. The minimum Gasteiger partial charge on any atom is -0.390 e. The minimum absolute atomic E-state index is 0.122. The van der Waals surface area contributed by atoms with Crippen LogP contribution in [0, 0.1) is 5.92 Å². The van der Waals surface area contributed by atoms with Gasteiger partial charge < -0.3 is 5.11 Å². The molecular weight excluding hydrogens is 142 g/mol. The summed E-state index contributed by atoms with van der Waals surface area (Å²) in [5.41, 5.74) is 7.48. The molecule has 1 N–H and O–H groups in total. The van der Waals surface area contributed by atoms with Gasteiger partial charge in [-0.05, 0) is 38.1 Å². The molecule has 1 aliphatic rings. The Morgan fingerprint density at radius 1 is 1.55 bits per heavy atom. The molecule has 1 aliphatic carbocycles. The van der Waals surface area contributed by atoms with Crippen molar-refractivity contribution in [3.8, 4) is 0 Å². The van der Waals surface area contributed by atoms with Gasteiger partial charge in [0.1, 0.15) is 0 Å². The summed E-state index contributed by atoms with van der Waals surface area (Å²) in [7, 11) is 0. The zero-order chi connectivity index (χ0) is 8.48. The Balaban J connectivity index is 2.35. The monoisotopic (exact) mass is 155 g/mol.